The minimum atomic E-state index is 0.276. The fourth-order valence-corrected chi connectivity index (χ4v) is 2.79. The van der Waals surface area contributed by atoms with Gasteiger partial charge in [0, 0.05) is 15.3 Å². The molecule has 1 aromatic carbocycles. The summed E-state index contributed by atoms with van der Waals surface area (Å²) < 4.78 is 0. The van der Waals surface area contributed by atoms with Crippen LogP contribution in [0.25, 0.3) is 0 Å². The lowest BCUT2D eigenvalue weighted by Crippen LogP contribution is -2.04. The molecule has 0 N–H and O–H groups in total. The molecule has 64 valence electrons. The lowest BCUT2D eigenvalue weighted by atomic mass is 9.99. The van der Waals surface area contributed by atoms with Gasteiger partial charge in [0.2, 0.25) is 0 Å². The molecule has 1 fully saturated rings. The Labute approximate surface area is 86.1 Å². The maximum atomic E-state index is 6.09. The molecule has 0 heterocycles. The minimum Gasteiger partial charge on any atom is -0.0881 e. The van der Waals surface area contributed by atoms with Gasteiger partial charge in [0.25, 0.3) is 0 Å². The summed E-state index contributed by atoms with van der Waals surface area (Å²) in [7, 11) is 0. The van der Waals surface area contributed by atoms with Crippen LogP contribution in [0.2, 0.25) is 5.02 Å². The van der Waals surface area contributed by atoms with Gasteiger partial charge in [0.15, 0.2) is 0 Å². The van der Waals surface area contributed by atoms with Crippen LogP contribution in [-0.2, 0) is 5.41 Å². The van der Waals surface area contributed by atoms with Gasteiger partial charge in [0.1, 0.15) is 0 Å². The summed E-state index contributed by atoms with van der Waals surface area (Å²) in [5.41, 5.74) is 1.55. The first-order chi connectivity index (χ1) is 5.64. The smallest absolute Gasteiger partial charge is 0.0443 e. The number of halogens is 2. The zero-order chi connectivity index (χ0) is 8.77. The molecule has 2 unspecified atom stereocenters. The molecule has 0 aliphatic heterocycles. The summed E-state index contributed by atoms with van der Waals surface area (Å²) in [6, 6.07) is 8.09. The van der Waals surface area contributed by atoms with Gasteiger partial charge < -0.3 is 0 Å². The first-order valence-corrected chi connectivity index (χ1v) is 5.33. The standard InChI is InChI=1S/C10H10BrCl/c1-10(6-9(10)11)7-4-2-3-5-8(7)12/h2-5,9H,6H2,1H3. The molecule has 0 spiro atoms. The van der Waals surface area contributed by atoms with Crippen LogP contribution in [0.5, 0.6) is 0 Å². The zero-order valence-corrected chi connectivity index (χ0v) is 9.19. The van der Waals surface area contributed by atoms with Crippen molar-refractivity contribution in [3.05, 3.63) is 34.9 Å². The maximum absolute atomic E-state index is 6.09. The highest BCUT2D eigenvalue weighted by molar-refractivity contribution is 9.09. The Bertz CT molecular complexity index is 310. The van der Waals surface area contributed by atoms with Crippen LogP contribution >= 0.6 is 27.5 Å². The van der Waals surface area contributed by atoms with Crippen LogP contribution in [0.4, 0.5) is 0 Å². The average molecular weight is 246 g/mol. The van der Waals surface area contributed by atoms with Crippen molar-refractivity contribution in [3.8, 4) is 0 Å². The SMILES string of the molecule is CC1(c2ccccc2Cl)CC1Br. The second-order valence-electron chi connectivity index (χ2n) is 3.57. The minimum absolute atomic E-state index is 0.276. The number of alkyl halides is 1. The molecule has 0 saturated heterocycles. The Kier molecular flexibility index (Phi) is 1.96. The number of hydrogen-bond acceptors (Lipinski definition) is 0. The molecule has 2 heteroatoms. The second kappa shape index (κ2) is 2.74. The third kappa shape index (κ3) is 1.20. The number of benzene rings is 1. The van der Waals surface area contributed by atoms with Gasteiger partial charge in [-0.15, -0.1) is 0 Å². The van der Waals surface area contributed by atoms with Crippen molar-refractivity contribution in [1.29, 1.82) is 0 Å². The highest BCUT2D eigenvalue weighted by Crippen LogP contribution is 2.54. The summed E-state index contributed by atoms with van der Waals surface area (Å²) in [5.74, 6) is 0. The van der Waals surface area contributed by atoms with Crippen molar-refractivity contribution < 1.29 is 0 Å². The van der Waals surface area contributed by atoms with Crippen LogP contribution in [-0.4, -0.2) is 4.83 Å². The van der Waals surface area contributed by atoms with E-state index in [1.54, 1.807) is 0 Å². The average Bonchev–Trinajstić information content (AvgIpc) is 2.61. The Morgan fingerprint density at radius 2 is 2.08 bits per heavy atom. The van der Waals surface area contributed by atoms with Crippen LogP contribution in [0.1, 0.15) is 18.9 Å². The van der Waals surface area contributed by atoms with E-state index in [1.165, 1.54) is 12.0 Å². The van der Waals surface area contributed by atoms with Gasteiger partial charge in [-0.05, 0) is 18.1 Å². The molecule has 12 heavy (non-hydrogen) atoms. The third-order valence-electron chi connectivity index (χ3n) is 2.62. The molecule has 0 bridgehead atoms. The molecule has 2 atom stereocenters. The van der Waals surface area contributed by atoms with Crippen molar-refractivity contribution in [3.63, 3.8) is 0 Å². The van der Waals surface area contributed by atoms with Crippen LogP contribution < -0.4 is 0 Å². The summed E-state index contributed by atoms with van der Waals surface area (Å²) >= 11 is 9.71. The highest BCUT2D eigenvalue weighted by atomic mass is 79.9. The van der Waals surface area contributed by atoms with Crippen LogP contribution in [0.3, 0.4) is 0 Å². The first-order valence-electron chi connectivity index (χ1n) is 4.04. The highest BCUT2D eigenvalue weighted by Gasteiger charge is 2.50. The number of hydrogen-bond donors (Lipinski definition) is 0. The first kappa shape index (κ1) is 8.58. The van der Waals surface area contributed by atoms with E-state index in [1.807, 2.05) is 18.2 Å². The van der Waals surface area contributed by atoms with Crippen LogP contribution in [0, 0.1) is 0 Å². The van der Waals surface area contributed by atoms with Gasteiger partial charge in [-0.3, -0.25) is 0 Å². The molecule has 1 aromatic rings. The zero-order valence-electron chi connectivity index (χ0n) is 6.85. The molecule has 1 aliphatic rings. The molecular formula is C10H10BrCl. The van der Waals surface area contributed by atoms with Crippen LogP contribution in [0.15, 0.2) is 24.3 Å². The molecule has 0 amide bonds. The summed E-state index contributed by atoms with van der Waals surface area (Å²) in [4.78, 5) is 0.602. The Balaban J connectivity index is 2.41. The predicted octanol–water partition coefficient (Wildman–Crippen LogP) is 3.76. The van der Waals surface area contributed by atoms with Crippen molar-refractivity contribution in [2.75, 3.05) is 0 Å². The lowest BCUT2D eigenvalue weighted by molar-refractivity contribution is 0.795. The predicted molar refractivity (Wildman–Crippen MR) is 56.1 cm³/mol. The topological polar surface area (TPSA) is 0 Å². The summed E-state index contributed by atoms with van der Waals surface area (Å²) in [5, 5.41) is 0.891. The third-order valence-corrected chi connectivity index (χ3v) is 4.29. The van der Waals surface area contributed by atoms with Gasteiger partial charge in [-0.2, -0.15) is 0 Å². The van der Waals surface area contributed by atoms with E-state index >= 15 is 0 Å². The summed E-state index contributed by atoms with van der Waals surface area (Å²) in [6.45, 7) is 2.24. The Morgan fingerprint density at radius 1 is 1.50 bits per heavy atom. The van der Waals surface area contributed by atoms with Crippen molar-refractivity contribution in [2.24, 2.45) is 0 Å². The van der Waals surface area contributed by atoms with Gasteiger partial charge in [-0.25, -0.2) is 0 Å². The fraction of sp³-hybridized carbons (Fsp3) is 0.400. The molecule has 0 nitrogen and oxygen atoms in total. The van der Waals surface area contributed by atoms with E-state index in [0.717, 1.165) is 5.02 Å². The monoisotopic (exact) mass is 244 g/mol. The van der Waals surface area contributed by atoms with Crippen molar-refractivity contribution in [1.82, 2.24) is 0 Å². The van der Waals surface area contributed by atoms with E-state index in [9.17, 15) is 0 Å². The number of rotatable bonds is 1. The van der Waals surface area contributed by atoms with E-state index in [0.29, 0.717) is 4.83 Å². The van der Waals surface area contributed by atoms with Crippen molar-refractivity contribution >= 4 is 27.5 Å². The molecule has 0 aromatic heterocycles. The Morgan fingerprint density at radius 3 is 2.58 bits per heavy atom. The van der Waals surface area contributed by atoms with Crippen molar-refractivity contribution in [2.45, 2.75) is 23.6 Å². The Hall–Kier alpha value is -0.0100. The second-order valence-corrected chi connectivity index (χ2v) is 5.08. The van der Waals surface area contributed by atoms with E-state index in [2.05, 4.69) is 28.9 Å². The molecule has 1 aliphatic carbocycles. The van der Waals surface area contributed by atoms with Gasteiger partial charge in [0.05, 0.1) is 0 Å². The molecular weight excluding hydrogens is 235 g/mol. The largest absolute Gasteiger partial charge is 0.0881 e. The lowest BCUT2D eigenvalue weighted by Gasteiger charge is -2.10. The fourth-order valence-electron chi connectivity index (χ4n) is 1.52. The van der Waals surface area contributed by atoms with E-state index in [4.69, 9.17) is 11.6 Å². The molecule has 1 saturated carbocycles. The van der Waals surface area contributed by atoms with Gasteiger partial charge >= 0.3 is 0 Å². The quantitative estimate of drug-likeness (QED) is 0.661. The van der Waals surface area contributed by atoms with Gasteiger partial charge in [-0.1, -0.05) is 52.7 Å². The summed E-state index contributed by atoms with van der Waals surface area (Å²) in [6.07, 6.45) is 1.19. The van der Waals surface area contributed by atoms with E-state index in [-0.39, 0.29) is 5.41 Å². The van der Waals surface area contributed by atoms with E-state index < -0.39 is 0 Å². The molecule has 2 rings (SSSR count). The normalized spacial score (nSPS) is 33.4. The molecule has 0 radical (unpaired) electrons. The maximum Gasteiger partial charge on any atom is 0.0443 e.